The maximum atomic E-state index is 10.2. The third kappa shape index (κ3) is 3.95. The van der Waals surface area contributed by atoms with Crippen molar-refractivity contribution in [1.29, 1.82) is 0 Å². The van der Waals surface area contributed by atoms with E-state index in [4.69, 9.17) is 4.74 Å². The molecule has 1 fully saturated rings. The number of phosphoric acid groups is 1. The first-order valence-electron chi connectivity index (χ1n) is 4.65. The van der Waals surface area contributed by atoms with Crippen molar-refractivity contribution in [1.82, 2.24) is 0 Å². The second-order valence-corrected chi connectivity index (χ2v) is 4.65. The average molecular weight is 272 g/mol. The topological polar surface area (TPSA) is 152 Å². The van der Waals surface area contributed by atoms with Crippen LogP contribution in [0.1, 0.15) is 0 Å². The molecule has 0 aromatic rings. The molecule has 17 heavy (non-hydrogen) atoms. The number of aliphatic hydroxyl groups excluding tert-OH is 3. The van der Waals surface area contributed by atoms with Gasteiger partial charge in [-0.3, -0.25) is 0 Å². The zero-order chi connectivity index (χ0) is 13.2. The molecule has 1 saturated heterocycles. The average Bonchev–Trinajstić information content (AvgIpc) is 2.24. The molecular weight excluding hydrogens is 259 g/mol. The molecule has 0 bridgehead atoms. The third-order valence-corrected chi connectivity index (χ3v) is 2.76. The van der Waals surface area contributed by atoms with Crippen molar-refractivity contribution in [2.75, 3.05) is 13.7 Å². The molecule has 3 N–H and O–H groups in total. The number of hydrogen-bond acceptors (Lipinski definition) is 9. The van der Waals surface area contributed by atoms with Crippen molar-refractivity contribution >= 4 is 7.82 Å². The summed E-state index contributed by atoms with van der Waals surface area (Å²) in [6.45, 7) is -0.769. The minimum Gasteiger partial charge on any atom is -0.790 e. The summed E-state index contributed by atoms with van der Waals surface area (Å²) in [6, 6.07) is 0. The van der Waals surface area contributed by atoms with E-state index in [0.29, 0.717) is 0 Å². The Bertz CT molecular complexity index is 289. The summed E-state index contributed by atoms with van der Waals surface area (Å²) in [4.78, 5) is 20.5. The highest BCUT2D eigenvalue weighted by Gasteiger charge is 2.43. The predicted octanol–water partition coefficient (Wildman–Crippen LogP) is -3.71. The molecule has 0 amide bonds. The standard InChI is InChI=1S/C7H15O9P/c1-14-7-6(10)5(9)4(8)3(16-7)2-15-17(11,12)13/h3-10H,2H2,1H3,(H2,11,12,13)/p-2/t3-,4-,5+,6-,7-/m1/s1. The van der Waals surface area contributed by atoms with E-state index >= 15 is 0 Å². The van der Waals surface area contributed by atoms with Gasteiger partial charge in [0.1, 0.15) is 24.4 Å². The van der Waals surface area contributed by atoms with E-state index < -0.39 is 45.1 Å². The van der Waals surface area contributed by atoms with Crippen LogP contribution in [0.5, 0.6) is 0 Å². The molecule has 9 nitrogen and oxygen atoms in total. The van der Waals surface area contributed by atoms with Gasteiger partial charge >= 0.3 is 0 Å². The van der Waals surface area contributed by atoms with E-state index in [1.54, 1.807) is 0 Å². The monoisotopic (exact) mass is 272 g/mol. The summed E-state index contributed by atoms with van der Waals surface area (Å²) in [6.07, 6.45) is -7.23. The first kappa shape index (κ1) is 15.0. The van der Waals surface area contributed by atoms with Crippen LogP contribution in [-0.4, -0.2) is 59.7 Å². The van der Waals surface area contributed by atoms with Crippen LogP contribution in [0.2, 0.25) is 0 Å². The molecule has 1 rings (SSSR count). The molecule has 1 heterocycles. The first-order valence-corrected chi connectivity index (χ1v) is 6.11. The Morgan fingerprint density at radius 1 is 1.24 bits per heavy atom. The fraction of sp³-hybridized carbons (Fsp3) is 1.00. The smallest absolute Gasteiger partial charge is 0.186 e. The molecule has 0 aliphatic carbocycles. The molecule has 102 valence electrons. The lowest BCUT2D eigenvalue weighted by Gasteiger charge is -2.41. The lowest BCUT2D eigenvalue weighted by atomic mass is 9.99. The Labute approximate surface area is 96.8 Å². The van der Waals surface area contributed by atoms with Crippen LogP contribution in [0, 0.1) is 0 Å². The summed E-state index contributed by atoms with van der Waals surface area (Å²) in [5.74, 6) is 0. The molecule has 0 radical (unpaired) electrons. The Balaban J connectivity index is 2.62. The van der Waals surface area contributed by atoms with Crippen molar-refractivity contribution in [2.45, 2.75) is 30.7 Å². The molecule has 0 saturated carbocycles. The van der Waals surface area contributed by atoms with Crippen molar-refractivity contribution in [2.24, 2.45) is 0 Å². The van der Waals surface area contributed by atoms with Gasteiger partial charge in [-0.15, -0.1) is 0 Å². The summed E-state index contributed by atoms with van der Waals surface area (Å²) in [5.41, 5.74) is 0. The lowest BCUT2D eigenvalue weighted by molar-refractivity contribution is -0.347. The molecule has 1 aliphatic rings. The zero-order valence-corrected chi connectivity index (χ0v) is 9.73. The van der Waals surface area contributed by atoms with Crippen LogP contribution in [-0.2, 0) is 18.6 Å². The molecule has 0 aromatic carbocycles. The largest absolute Gasteiger partial charge is 0.790 e. The van der Waals surface area contributed by atoms with Gasteiger partial charge in [-0.05, 0) is 0 Å². The van der Waals surface area contributed by atoms with Gasteiger partial charge in [0.15, 0.2) is 6.29 Å². The number of hydrogen-bond donors (Lipinski definition) is 3. The van der Waals surface area contributed by atoms with Gasteiger partial charge in [-0.2, -0.15) is 0 Å². The van der Waals surface area contributed by atoms with Gasteiger partial charge in [-0.1, -0.05) is 0 Å². The summed E-state index contributed by atoms with van der Waals surface area (Å²) >= 11 is 0. The molecule has 0 aromatic heterocycles. The SMILES string of the molecule is CO[C@@H]1O[C@H](COP(=O)([O-])[O-])[C@@H](O)[C@H](O)[C@H]1O. The van der Waals surface area contributed by atoms with Gasteiger partial charge in [0.05, 0.1) is 14.4 Å². The highest BCUT2D eigenvalue weighted by molar-refractivity contribution is 7.43. The van der Waals surface area contributed by atoms with Crippen LogP contribution in [0.4, 0.5) is 0 Å². The first-order chi connectivity index (χ1) is 7.76. The minimum atomic E-state index is -5.20. The van der Waals surface area contributed by atoms with Crippen molar-refractivity contribution in [3.63, 3.8) is 0 Å². The van der Waals surface area contributed by atoms with Gasteiger partial charge in [0.25, 0.3) is 0 Å². The van der Waals surface area contributed by atoms with E-state index in [2.05, 4.69) is 9.26 Å². The van der Waals surface area contributed by atoms with E-state index in [-0.39, 0.29) is 0 Å². The number of ether oxygens (including phenoxy) is 2. The summed E-state index contributed by atoms with van der Waals surface area (Å²) in [7, 11) is -4.02. The van der Waals surface area contributed by atoms with Gasteiger partial charge in [0.2, 0.25) is 0 Å². The number of rotatable bonds is 4. The highest BCUT2D eigenvalue weighted by atomic mass is 31.2. The van der Waals surface area contributed by atoms with E-state index in [1.165, 1.54) is 7.11 Å². The van der Waals surface area contributed by atoms with Crippen LogP contribution in [0.25, 0.3) is 0 Å². The van der Waals surface area contributed by atoms with Crippen LogP contribution < -0.4 is 9.79 Å². The van der Waals surface area contributed by atoms with Gasteiger partial charge < -0.3 is 43.7 Å². The van der Waals surface area contributed by atoms with E-state index in [1.807, 2.05) is 0 Å². The van der Waals surface area contributed by atoms with Crippen LogP contribution in [0.15, 0.2) is 0 Å². The Kier molecular flexibility index (Phi) is 5.02. The minimum absolute atomic E-state index is 0.769. The molecule has 0 unspecified atom stereocenters. The van der Waals surface area contributed by atoms with Gasteiger partial charge in [-0.25, -0.2) is 0 Å². The zero-order valence-electron chi connectivity index (χ0n) is 8.83. The van der Waals surface area contributed by atoms with Crippen molar-refractivity contribution in [3.8, 4) is 0 Å². The summed E-state index contributed by atoms with van der Waals surface area (Å²) < 4.78 is 23.8. The molecule has 1 aliphatic heterocycles. The molecule has 5 atom stereocenters. The van der Waals surface area contributed by atoms with E-state index in [0.717, 1.165) is 0 Å². The predicted molar refractivity (Wildman–Crippen MR) is 47.2 cm³/mol. The fourth-order valence-corrected chi connectivity index (χ4v) is 1.74. The number of aliphatic hydroxyl groups is 3. The quantitative estimate of drug-likeness (QED) is 0.438. The van der Waals surface area contributed by atoms with Crippen molar-refractivity contribution in [3.05, 3.63) is 0 Å². The third-order valence-electron chi connectivity index (χ3n) is 2.30. The molecule has 10 heteroatoms. The van der Waals surface area contributed by atoms with Crippen LogP contribution in [0.3, 0.4) is 0 Å². The Hall–Kier alpha value is -0.0900. The normalized spacial score (nSPS) is 39.3. The van der Waals surface area contributed by atoms with Crippen LogP contribution >= 0.6 is 7.82 Å². The maximum absolute atomic E-state index is 10.2. The summed E-state index contributed by atoms with van der Waals surface area (Å²) in [5, 5.41) is 28.2. The molecular formula is C7H13O9P-2. The Morgan fingerprint density at radius 3 is 2.29 bits per heavy atom. The second kappa shape index (κ2) is 5.70. The van der Waals surface area contributed by atoms with E-state index in [9.17, 15) is 29.7 Å². The maximum Gasteiger partial charge on any atom is 0.186 e. The van der Waals surface area contributed by atoms with Crippen molar-refractivity contribution < 1.29 is 43.7 Å². The fourth-order valence-electron chi connectivity index (χ4n) is 1.41. The second-order valence-electron chi connectivity index (χ2n) is 3.49. The number of methoxy groups -OCH3 is 1. The van der Waals surface area contributed by atoms with Gasteiger partial charge in [0, 0.05) is 7.11 Å². The lowest BCUT2D eigenvalue weighted by Crippen LogP contribution is -2.59. The highest BCUT2D eigenvalue weighted by Crippen LogP contribution is 2.28. The molecule has 0 spiro atoms. The Morgan fingerprint density at radius 2 is 1.82 bits per heavy atom. The number of phosphoric ester groups is 1.